The number of nitrogens with zero attached hydrogens (tertiary/aromatic N) is 2. The van der Waals surface area contributed by atoms with Crippen molar-refractivity contribution < 1.29 is 8.83 Å². The summed E-state index contributed by atoms with van der Waals surface area (Å²) in [6, 6.07) is 34.9. The average molecular weight is 489 g/mol. The molecule has 0 fully saturated rings. The summed E-state index contributed by atoms with van der Waals surface area (Å²) in [7, 11) is 0. The fourth-order valence-corrected chi connectivity index (χ4v) is 5.51. The number of oxazole rings is 2. The molecule has 0 saturated heterocycles. The maximum absolute atomic E-state index is 5.44. The first-order valence-electron chi connectivity index (χ1n) is 12.5. The van der Waals surface area contributed by atoms with Gasteiger partial charge in [-0.15, -0.1) is 0 Å². The maximum Gasteiger partial charge on any atom is 0.225 e. The van der Waals surface area contributed by atoms with Crippen molar-refractivity contribution in [2.24, 2.45) is 0 Å². The molecule has 2 aromatic heterocycles. The van der Waals surface area contributed by atoms with E-state index in [1.807, 2.05) is 0 Å². The zero-order chi connectivity index (χ0) is 25.1. The van der Waals surface area contributed by atoms with Crippen molar-refractivity contribution in [3.05, 3.63) is 122 Å². The molecule has 2 heterocycles. The van der Waals surface area contributed by atoms with Crippen LogP contribution in [-0.2, 0) is 0 Å². The van der Waals surface area contributed by atoms with E-state index in [1.54, 1.807) is 24.9 Å². The van der Waals surface area contributed by atoms with Crippen molar-refractivity contribution in [1.29, 1.82) is 0 Å². The summed E-state index contributed by atoms with van der Waals surface area (Å²) in [5.74, 6) is 1.27. The van der Waals surface area contributed by atoms with Crippen LogP contribution in [0.15, 0.2) is 131 Å². The molecular formula is C34H20N2O2. The van der Waals surface area contributed by atoms with Gasteiger partial charge in [-0.3, -0.25) is 0 Å². The molecule has 0 aliphatic heterocycles. The van der Waals surface area contributed by atoms with Crippen molar-refractivity contribution >= 4 is 32.3 Å². The SMILES string of the molecule is c1coc(-c2ccc(-c3cc4ccc5cc(-c6ccc(-c7ncco7)cc6)cc6ccc(c3)c4c56)cc2)n1. The highest BCUT2D eigenvalue weighted by Crippen LogP contribution is 2.40. The summed E-state index contributed by atoms with van der Waals surface area (Å²) >= 11 is 0. The first-order chi connectivity index (χ1) is 18.8. The van der Waals surface area contributed by atoms with Crippen LogP contribution in [0.1, 0.15) is 0 Å². The molecule has 6 aromatic carbocycles. The molecule has 0 radical (unpaired) electrons. The summed E-state index contributed by atoms with van der Waals surface area (Å²) in [5, 5.41) is 7.61. The van der Waals surface area contributed by atoms with E-state index in [1.165, 1.54) is 54.6 Å². The van der Waals surface area contributed by atoms with E-state index in [-0.39, 0.29) is 0 Å². The molecule has 8 aromatic rings. The first kappa shape index (κ1) is 20.9. The molecular weight excluding hydrogens is 468 g/mol. The van der Waals surface area contributed by atoms with Gasteiger partial charge in [0, 0.05) is 11.1 Å². The van der Waals surface area contributed by atoms with Crippen molar-refractivity contribution in [3.63, 3.8) is 0 Å². The van der Waals surface area contributed by atoms with Gasteiger partial charge in [0.1, 0.15) is 12.5 Å². The highest BCUT2D eigenvalue weighted by Gasteiger charge is 2.13. The molecule has 4 heteroatoms. The van der Waals surface area contributed by atoms with Crippen LogP contribution in [0.3, 0.4) is 0 Å². The minimum Gasteiger partial charge on any atom is -0.445 e. The second-order valence-electron chi connectivity index (χ2n) is 9.56. The Balaban J connectivity index is 1.21. The van der Waals surface area contributed by atoms with Gasteiger partial charge >= 0.3 is 0 Å². The smallest absolute Gasteiger partial charge is 0.225 e. The highest BCUT2D eigenvalue weighted by atomic mass is 16.3. The van der Waals surface area contributed by atoms with Crippen molar-refractivity contribution in [2.75, 3.05) is 0 Å². The lowest BCUT2D eigenvalue weighted by molar-refractivity contribution is 0.574. The van der Waals surface area contributed by atoms with E-state index in [2.05, 4.69) is 107 Å². The van der Waals surface area contributed by atoms with Gasteiger partial charge in [0.05, 0.1) is 12.4 Å². The van der Waals surface area contributed by atoms with Gasteiger partial charge < -0.3 is 8.83 Å². The van der Waals surface area contributed by atoms with E-state index in [9.17, 15) is 0 Å². The molecule has 0 aliphatic rings. The van der Waals surface area contributed by atoms with Crippen LogP contribution in [0.2, 0.25) is 0 Å². The zero-order valence-electron chi connectivity index (χ0n) is 20.3. The minimum absolute atomic E-state index is 0.636. The largest absolute Gasteiger partial charge is 0.445 e. The maximum atomic E-state index is 5.44. The van der Waals surface area contributed by atoms with E-state index in [4.69, 9.17) is 8.83 Å². The fourth-order valence-electron chi connectivity index (χ4n) is 5.51. The van der Waals surface area contributed by atoms with Gasteiger partial charge in [-0.25, -0.2) is 9.97 Å². The van der Waals surface area contributed by atoms with E-state index >= 15 is 0 Å². The molecule has 0 spiro atoms. The molecule has 38 heavy (non-hydrogen) atoms. The molecule has 0 N–H and O–H groups in total. The van der Waals surface area contributed by atoms with E-state index in [0.717, 1.165) is 11.1 Å². The van der Waals surface area contributed by atoms with Gasteiger partial charge in [0.2, 0.25) is 11.8 Å². The molecule has 0 unspecified atom stereocenters. The second kappa shape index (κ2) is 8.15. The first-order valence-corrected chi connectivity index (χ1v) is 12.5. The molecule has 4 nitrogen and oxygen atoms in total. The third-order valence-electron chi connectivity index (χ3n) is 7.33. The van der Waals surface area contributed by atoms with Crippen LogP contribution < -0.4 is 0 Å². The van der Waals surface area contributed by atoms with Crippen molar-refractivity contribution in [2.45, 2.75) is 0 Å². The summed E-state index contributed by atoms with van der Waals surface area (Å²) in [6.07, 6.45) is 6.53. The Kier molecular flexibility index (Phi) is 4.49. The van der Waals surface area contributed by atoms with Crippen molar-refractivity contribution in [1.82, 2.24) is 9.97 Å². The molecule has 0 aliphatic carbocycles. The third kappa shape index (κ3) is 3.31. The Bertz CT molecular complexity index is 1820. The Labute approximate surface area is 218 Å². The quantitative estimate of drug-likeness (QED) is 0.232. The van der Waals surface area contributed by atoms with Crippen LogP contribution in [-0.4, -0.2) is 9.97 Å². The van der Waals surface area contributed by atoms with Gasteiger partial charge in [-0.1, -0.05) is 48.5 Å². The molecule has 0 atom stereocenters. The summed E-state index contributed by atoms with van der Waals surface area (Å²) in [6.45, 7) is 0. The van der Waals surface area contributed by atoms with Crippen LogP contribution in [0.5, 0.6) is 0 Å². The number of aromatic nitrogens is 2. The Morgan fingerprint density at radius 2 is 0.711 bits per heavy atom. The van der Waals surface area contributed by atoms with Crippen LogP contribution >= 0.6 is 0 Å². The van der Waals surface area contributed by atoms with Crippen LogP contribution in [0.4, 0.5) is 0 Å². The minimum atomic E-state index is 0.636. The lowest BCUT2D eigenvalue weighted by atomic mass is 9.89. The lowest BCUT2D eigenvalue weighted by Crippen LogP contribution is -1.88. The van der Waals surface area contributed by atoms with Gasteiger partial charge in [0.25, 0.3) is 0 Å². The molecule has 178 valence electrons. The number of rotatable bonds is 4. The monoisotopic (exact) mass is 488 g/mol. The normalized spacial score (nSPS) is 11.7. The third-order valence-corrected chi connectivity index (χ3v) is 7.33. The standard InChI is InChI=1S/C34H20N2O2/c1-5-23(33-35-13-15-37-33)6-2-21(1)29-17-25-9-11-27-19-30(20-28-12-10-26(18-29)31(25)32(27)28)22-3-7-24(8-4-22)34-36-14-16-38-34/h1-20H. The average Bonchev–Trinajstić information content (AvgIpc) is 3.71. The predicted molar refractivity (Wildman–Crippen MR) is 152 cm³/mol. The predicted octanol–water partition coefficient (Wildman–Crippen LogP) is 9.23. The number of benzene rings is 6. The van der Waals surface area contributed by atoms with Gasteiger partial charge in [-0.2, -0.15) is 0 Å². The Morgan fingerprint density at radius 1 is 0.368 bits per heavy atom. The lowest BCUT2D eigenvalue weighted by Gasteiger charge is -2.14. The summed E-state index contributed by atoms with van der Waals surface area (Å²) in [5.41, 5.74) is 6.67. The Hall–Kier alpha value is -5.22. The fraction of sp³-hybridized carbons (Fsp3) is 0. The Morgan fingerprint density at radius 3 is 1.03 bits per heavy atom. The van der Waals surface area contributed by atoms with Crippen LogP contribution in [0, 0.1) is 0 Å². The van der Waals surface area contributed by atoms with E-state index in [0.29, 0.717) is 11.8 Å². The van der Waals surface area contributed by atoms with Crippen LogP contribution in [0.25, 0.3) is 77.5 Å². The molecule has 0 amide bonds. The number of hydrogen-bond donors (Lipinski definition) is 0. The zero-order valence-corrected chi connectivity index (χ0v) is 20.3. The highest BCUT2D eigenvalue weighted by molar-refractivity contribution is 6.24. The number of hydrogen-bond acceptors (Lipinski definition) is 4. The molecule has 0 saturated carbocycles. The second-order valence-corrected chi connectivity index (χ2v) is 9.56. The van der Waals surface area contributed by atoms with Gasteiger partial charge in [0.15, 0.2) is 0 Å². The topological polar surface area (TPSA) is 52.1 Å². The van der Waals surface area contributed by atoms with E-state index < -0.39 is 0 Å². The molecule has 0 bridgehead atoms. The molecule has 8 rings (SSSR count). The van der Waals surface area contributed by atoms with Gasteiger partial charge in [-0.05, 0) is 103 Å². The van der Waals surface area contributed by atoms with Crippen molar-refractivity contribution in [3.8, 4) is 45.2 Å². The summed E-state index contributed by atoms with van der Waals surface area (Å²) < 4.78 is 10.9. The summed E-state index contributed by atoms with van der Waals surface area (Å²) in [4.78, 5) is 8.50.